The van der Waals surface area contributed by atoms with Gasteiger partial charge in [-0.2, -0.15) is 0 Å². The molecule has 2 aliphatic rings. The van der Waals surface area contributed by atoms with Crippen molar-refractivity contribution in [2.75, 3.05) is 6.61 Å². The summed E-state index contributed by atoms with van der Waals surface area (Å²) < 4.78 is 28.1. The molecule has 21 heavy (non-hydrogen) atoms. The molecule has 5 heteroatoms. The molecule has 0 saturated heterocycles. The van der Waals surface area contributed by atoms with E-state index in [-0.39, 0.29) is 18.6 Å². The smallest absolute Gasteiger partial charge is 0.240 e. The lowest BCUT2D eigenvalue weighted by Gasteiger charge is -2.30. The average Bonchev–Trinajstić information content (AvgIpc) is 3.08. The number of rotatable bonds is 5. The van der Waals surface area contributed by atoms with Gasteiger partial charge in [0.05, 0.1) is 4.90 Å². The van der Waals surface area contributed by atoms with Crippen molar-refractivity contribution in [3.63, 3.8) is 0 Å². The largest absolute Gasteiger partial charge is 0.396 e. The third-order valence-electron chi connectivity index (χ3n) is 5.21. The molecule has 2 saturated carbocycles. The van der Waals surface area contributed by atoms with Gasteiger partial charge >= 0.3 is 0 Å². The zero-order valence-corrected chi connectivity index (χ0v) is 13.1. The second-order valence-electron chi connectivity index (χ2n) is 6.33. The molecule has 3 rings (SSSR count). The molecule has 4 unspecified atom stereocenters. The summed E-state index contributed by atoms with van der Waals surface area (Å²) in [6.45, 7) is 2.08. The van der Waals surface area contributed by atoms with E-state index >= 15 is 0 Å². The average molecular weight is 309 g/mol. The summed E-state index contributed by atoms with van der Waals surface area (Å²) in [7, 11) is -3.50. The number of aryl methyl sites for hydroxylation is 1. The molecule has 0 amide bonds. The van der Waals surface area contributed by atoms with Gasteiger partial charge in [0.2, 0.25) is 10.0 Å². The molecule has 0 heterocycles. The summed E-state index contributed by atoms with van der Waals surface area (Å²) in [5.74, 6) is 0.943. The molecule has 2 N–H and O–H groups in total. The molecule has 1 aromatic rings. The van der Waals surface area contributed by atoms with Gasteiger partial charge in [0.15, 0.2) is 0 Å². The lowest BCUT2D eigenvalue weighted by Crippen LogP contribution is -2.45. The van der Waals surface area contributed by atoms with Crippen LogP contribution in [0, 0.1) is 17.8 Å². The summed E-state index contributed by atoms with van der Waals surface area (Å²) in [6.07, 6.45) is 4.06. The molecule has 4 nitrogen and oxygen atoms in total. The van der Waals surface area contributed by atoms with Crippen LogP contribution in [0.3, 0.4) is 0 Å². The van der Waals surface area contributed by atoms with E-state index in [4.69, 9.17) is 0 Å². The summed E-state index contributed by atoms with van der Waals surface area (Å²) in [5, 5.41) is 9.57. The maximum absolute atomic E-state index is 12.6. The molecule has 116 valence electrons. The predicted molar refractivity (Wildman–Crippen MR) is 81.3 cm³/mol. The van der Waals surface area contributed by atoms with E-state index < -0.39 is 10.0 Å². The van der Waals surface area contributed by atoms with Crippen molar-refractivity contribution < 1.29 is 13.5 Å². The van der Waals surface area contributed by atoms with Crippen LogP contribution < -0.4 is 4.72 Å². The summed E-state index contributed by atoms with van der Waals surface area (Å²) in [5.41, 5.74) is 1.02. The molecule has 1 aromatic carbocycles. The Balaban J connectivity index is 1.82. The van der Waals surface area contributed by atoms with Crippen LogP contribution in [-0.4, -0.2) is 26.2 Å². The van der Waals surface area contributed by atoms with Gasteiger partial charge in [-0.3, -0.25) is 0 Å². The van der Waals surface area contributed by atoms with Crippen LogP contribution in [0.2, 0.25) is 0 Å². The maximum Gasteiger partial charge on any atom is 0.240 e. The van der Waals surface area contributed by atoms with Crippen molar-refractivity contribution in [1.29, 1.82) is 0 Å². The predicted octanol–water partition coefficient (Wildman–Crippen LogP) is 1.93. The zero-order valence-electron chi connectivity index (χ0n) is 12.3. The molecule has 0 spiro atoms. The quantitative estimate of drug-likeness (QED) is 0.873. The van der Waals surface area contributed by atoms with E-state index in [1.807, 2.05) is 13.0 Å². The number of aliphatic hydroxyl groups excluding tert-OH is 1. The Labute approximate surface area is 126 Å². The number of hydrogen-bond donors (Lipinski definition) is 2. The van der Waals surface area contributed by atoms with Crippen molar-refractivity contribution in [2.24, 2.45) is 17.8 Å². The van der Waals surface area contributed by atoms with E-state index in [0.29, 0.717) is 16.7 Å². The first kappa shape index (κ1) is 15.0. The number of hydrogen-bond acceptors (Lipinski definition) is 3. The Kier molecular flexibility index (Phi) is 4.08. The van der Waals surface area contributed by atoms with E-state index in [0.717, 1.165) is 31.2 Å². The van der Waals surface area contributed by atoms with Crippen LogP contribution in [0.4, 0.5) is 0 Å². The van der Waals surface area contributed by atoms with Gasteiger partial charge in [-0.05, 0) is 55.2 Å². The van der Waals surface area contributed by atoms with E-state index in [9.17, 15) is 13.5 Å². The molecule has 0 radical (unpaired) electrons. The van der Waals surface area contributed by atoms with Crippen LogP contribution in [0.1, 0.15) is 31.7 Å². The normalized spacial score (nSPS) is 31.7. The van der Waals surface area contributed by atoms with Crippen molar-refractivity contribution in [2.45, 2.75) is 43.5 Å². The minimum atomic E-state index is -3.50. The second-order valence-corrected chi connectivity index (χ2v) is 8.04. The van der Waals surface area contributed by atoms with Crippen LogP contribution in [0.25, 0.3) is 0 Å². The molecule has 0 aromatic heterocycles. The number of aliphatic hydroxyl groups is 1. The maximum atomic E-state index is 12.6. The topological polar surface area (TPSA) is 66.4 Å². The highest BCUT2D eigenvalue weighted by atomic mass is 32.2. The van der Waals surface area contributed by atoms with E-state index in [1.54, 1.807) is 18.2 Å². The zero-order chi connectivity index (χ0) is 15.0. The Hall–Kier alpha value is -0.910. The minimum Gasteiger partial charge on any atom is -0.396 e. The first-order chi connectivity index (χ1) is 10.0. The first-order valence-electron chi connectivity index (χ1n) is 7.77. The molecule has 2 aliphatic carbocycles. The van der Waals surface area contributed by atoms with E-state index in [2.05, 4.69) is 4.72 Å². The Morgan fingerprint density at radius 1 is 1.29 bits per heavy atom. The number of nitrogens with one attached hydrogen (secondary N) is 1. The minimum absolute atomic E-state index is 0.0728. The van der Waals surface area contributed by atoms with Crippen LogP contribution >= 0.6 is 0 Å². The van der Waals surface area contributed by atoms with Gasteiger partial charge in [0.25, 0.3) is 0 Å². The highest BCUT2D eigenvalue weighted by molar-refractivity contribution is 7.89. The van der Waals surface area contributed by atoms with Crippen molar-refractivity contribution in [3.8, 4) is 0 Å². The van der Waals surface area contributed by atoms with Crippen molar-refractivity contribution in [1.82, 2.24) is 4.72 Å². The van der Waals surface area contributed by atoms with Gasteiger partial charge in [0.1, 0.15) is 0 Å². The Bertz CT molecular complexity index is 614. The van der Waals surface area contributed by atoms with Crippen LogP contribution in [-0.2, 0) is 16.4 Å². The Morgan fingerprint density at radius 2 is 2.05 bits per heavy atom. The second kappa shape index (κ2) is 5.71. The molecular weight excluding hydrogens is 286 g/mol. The van der Waals surface area contributed by atoms with Crippen LogP contribution in [0.5, 0.6) is 0 Å². The fourth-order valence-electron chi connectivity index (χ4n) is 4.04. The molecule has 4 atom stereocenters. The molecule has 2 bridgehead atoms. The lowest BCUT2D eigenvalue weighted by molar-refractivity contribution is 0.153. The summed E-state index contributed by atoms with van der Waals surface area (Å²) >= 11 is 0. The summed E-state index contributed by atoms with van der Waals surface area (Å²) in [4.78, 5) is 0.335. The van der Waals surface area contributed by atoms with Gasteiger partial charge < -0.3 is 5.11 Å². The monoisotopic (exact) mass is 309 g/mol. The first-order valence-corrected chi connectivity index (χ1v) is 9.25. The van der Waals surface area contributed by atoms with E-state index in [1.165, 1.54) is 0 Å². The molecular formula is C16H23NO3S. The Morgan fingerprint density at radius 3 is 2.76 bits per heavy atom. The number of sulfonamides is 1. The third-order valence-corrected chi connectivity index (χ3v) is 6.66. The molecule has 0 aliphatic heterocycles. The van der Waals surface area contributed by atoms with Crippen molar-refractivity contribution >= 4 is 10.0 Å². The number of benzene rings is 1. The highest BCUT2D eigenvalue weighted by Gasteiger charge is 2.48. The van der Waals surface area contributed by atoms with Gasteiger partial charge in [0, 0.05) is 18.6 Å². The van der Waals surface area contributed by atoms with Crippen LogP contribution in [0.15, 0.2) is 29.2 Å². The highest BCUT2D eigenvalue weighted by Crippen LogP contribution is 2.48. The SMILES string of the molecule is CCc1cccc(S(=O)(=O)NC2C3CCC(C3)C2CO)c1. The van der Waals surface area contributed by atoms with Crippen molar-refractivity contribution in [3.05, 3.63) is 29.8 Å². The van der Waals surface area contributed by atoms with Gasteiger partial charge in [-0.25, -0.2) is 13.1 Å². The molecule has 2 fully saturated rings. The summed E-state index contributed by atoms with van der Waals surface area (Å²) in [6, 6.07) is 7.00. The lowest BCUT2D eigenvalue weighted by atomic mass is 9.86. The fourth-order valence-corrected chi connectivity index (χ4v) is 5.46. The standard InChI is InChI=1S/C16H23NO3S/c1-2-11-4-3-5-14(8-11)21(19,20)17-16-13-7-6-12(9-13)15(16)10-18/h3-5,8,12-13,15-18H,2,6-7,9-10H2,1H3. The third kappa shape index (κ3) is 2.74. The fraction of sp³-hybridized carbons (Fsp3) is 0.625. The van der Waals surface area contributed by atoms with Gasteiger partial charge in [-0.15, -0.1) is 0 Å². The number of fused-ring (bicyclic) bond motifs is 2. The van der Waals surface area contributed by atoms with Gasteiger partial charge in [-0.1, -0.05) is 19.1 Å².